The van der Waals surface area contributed by atoms with Crippen LogP contribution in [0.2, 0.25) is 0 Å². The number of allylic oxidation sites excluding steroid dienone is 2. The second kappa shape index (κ2) is 9.02. The largest absolute Gasteiger partial charge is 0.504 e. The number of aromatic hydroxyl groups is 2. The highest BCUT2D eigenvalue weighted by atomic mass is 16.4. The Morgan fingerprint density at radius 1 is 0.977 bits per heavy atom. The molecule has 4 aliphatic rings. The van der Waals surface area contributed by atoms with Crippen molar-refractivity contribution < 1.29 is 24.9 Å². The van der Waals surface area contributed by atoms with Crippen LogP contribution in [0.5, 0.6) is 11.5 Å². The summed E-state index contributed by atoms with van der Waals surface area (Å²) in [6.45, 7) is 13.4. The molecule has 7 atom stereocenters. The van der Waals surface area contributed by atoms with Crippen LogP contribution in [-0.2, 0) is 10.2 Å². The number of aliphatic carboxylic acids is 1. The van der Waals surface area contributed by atoms with Crippen molar-refractivity contribution in [2.24, 2.45) is 27.6 Å². The van der Waals surface area contributed by atoms with E-state index >= 15 is 0 Å². The Bertz CT molecular complexity index is 1780. The SMILES string of the molecule is Cc1c(O)c(O)cc2c1C(c1c[nH]c3ccc(C=O)cc13)C=C1[C@@]2(C)CC[C@@]2(C)[C@@H]3C[C@](C)(C(=O)O)CC[C@]3(C)CC[C@]12C. The smallest absolute Gasteiger partial charge is 0.309 e. The molecule has 4 aliphatic carbocycles. The number of nitrogens with one attached hydrogen (secondary N) is 1. The van der Waals surface area contributed by atoms with Crippen LogP contribution >= 0.6 is 0 Å². The van der Waals surface area contributed by atoms with Gasteiger partial charge < -0.3 is 20.3 Å². The molecule has 0 radical (unpaired) electrons. The van der Waals surface area contributed by atoms with Crippen LogP contribution in [0, 0.1) is 34.5 Å². The monoisotopic (exact) mass is 595 g/mol. The van der Waals surface area contributed by atoms with Gasteiger partial charge in [-0.25, -0.2) is 0 Å². The van der Waals surface area contributed by atoms with Crippen LogP contribution in [0.3, 0.4) is 0 Å². The molecule has 3 saturated carbocycles. The summed E-state index contributed by atoms with van der Waals surface area (Å²) in [4.78, 5) is 27.7. The molecular formula is C38H45NO5. The highest BCUT2D eigenvalue weighted by Crippen LogP contribution is 2.75. The van der Waals surface area contributed by atoms with E-state index in [1.807, 2.05) is 38.2 Å². The fraction of sp³-hybridized carbons (Fsp3) is 0.526. The lowest BCUT2D eigenvalue weighted by atomic mass is 9.34. The first-order valence-corrected chi connectivity index (χ1v) is 16.2. The number of carbonyl (C=O) groups is 2. The van der Waals surface area contributed by atoms with Crippen LogP contribution in [0.15, 0.2) is 42.1 Å². The molecule has 1 heterocycles. The molecule has 2 aromatic carbocycles. The Kier molecular flexibility index (Phi) is 5.98. The van der Waals surface area contributed by atoms with E-state index in [0.717, 1.165) is 72.4 Å². The molecule has 44 heavy (non-hydrogen) atoms. The topological polar surface area (TPSA) is 111 Å². The van der Waals surface area contributed by atoms with Crippen molar-refractivity contribution in [2.45, 2.75) is 97.8 Å². The zero-order valence-electron chi connectivity index (χ0n) is 26.8. The number of aromatic nitrogens is 1. The van der Waals surface area contributed by atoms with Crippen molar-refractivity contribution in [1.82, 2.24) is 4.98 Å². The lowest BCUT2D eigenvalue weighted by Gasteiger charge is -2.70. The van der Waals surface area contributed by atoms with Crippen molar-refractivity contribution >= 4 is 23.2 Å². The van der Waals surface area contributed by atoms with Crippen LogP contribution in [0.25, 0.3) is 10.9 Å². The maximum atomic E-state index is 12.6. The summed E-state index contributed by atoms with van der Waals surface area (Å²) < 4.78 is 0. The zero-order chi connectivity index (χ0) is 31.6. The van der Waals surface area contributed by atoms with Crippen molar-refractivity contribution in [3.63, 3.8) is 0 Å². The number of carboxylic acid groups (broad SMARTS) is 1. The predicted molar refractivity (Wildman–Crippen MR) is 171 cm³/mol. The van der Waals surface area contributed by atoms with Gasteiger partial charge in [0.25, 0.3) is 0 Å². The van der Waals surface area contributed by atoms with Gasteiger partial charge in [0.05, 0.1) is 5.41 Å². The number of carboxylic acids is 1. The minimum Gasteiger partial charge on any atom is -0.504 e. The molecule has 3 fully saturated rings. The Hall–Kier alpha value is -3.54. The van der Waals surface area contributed by atoms with Gasteiger partial charge in [0.15, 0.2) is 11.5 Å². The molecule has 6 heteroatoms. The summed E-state index contributed by atoms with van der Waals surface area (Å²) in [5, 5.41) is 33.3. The number of aromatic amines is 1. The van der Waals surface area contributed by atoms with Gasteiger partial charge in [-0.1, -0.05) is 39.3 Å². The lowest BCUT2D eigenvalue weighted by molar-refractivity contribution is -0.177. The van der Waals surface area contributed by atoms with Crippen LogP contribution < -0.4 is 0 Å². The van der Waals surface area contributed by atoms with Crippen molar-refractivity contribution in [3.8, 4) is 11.5 Å². The number of phenolic OH excluding ortho intramolecular Hbond substituents is 2. The normalized spacial score (nSPS) is 37.7. The van der Waals surface area contributed by atoms with Gasteiger partial charge in [-0.3, -0.25) is 9.59 Å². The number of benzene rings is 2. The highest BCUT2D eigenvalue weighted by Gasteiger charge is 2.67. The van der Waals surface area contributed by atoms with Crippen LogP contribution in [0.1, 0.15) is 118 Å². The number of carbonyl (C=O) groups excluding carboxylic acids is 1. The third-order valence-electron chi connectivity index (χ3n) is 13.8. The van der Waals surface area contributed by atoms with E-state index in [2.05, 4.69) is 38.8 Å². The van der Waals surface area contributed by atoms with Gasteiger partial charge in [0.1, 0.15) is 6.29 Å². The lowest BCUT2D eigenvalue weighted by Crippen LogP contribution is -2.62. The van der Waals surface area contributed by atoms with E-state index in [0.29, 0.717) is 17.5 Å². The average Bonchev–Trinajstić information content (AvgIpc) is 3.41. The Balaban J connectivity index is 1.47. The molecule has 0 aliphatic heterocycles. The molecule has 3 aromatic rings. The molecule has 4 N–H and O–H groups in total. The number of aldehydes is 1. The van der Waals surface area contributed by atoms with Gasteiger partial charge in [-0.05, 0) is 127 Å². The van der Waals surface area contributed by atoms with E-state index in [1.165, 1.54) is 5.57 Å². The second-order valence-corrected chi connectivity index (χ2v) is 15.9. The molecule has 1 aromatic heterocycles. The minimum atomic E-state index is -0.719. The van der Waals surface area contributed by atoms with Gasteiger partial charge >= 0.3 is 5.97 Å². The van der Waals surface area contributed by atoms with Crippen LogP contribution in [0.4, 0.5) is 0 Å². The molecule has 0 bridgehead atoms. The Morgan fingerprint density at radius 3 is 2.41 bits per heavy atom. The van der Waals surface area contributed by atoms with Gasteiger partial charge in [-0.15, -0.1) is 0 Å². The van der Waals surface area contributed by atoms with Crippen molar-refractivity contribution in [2.75, 3.05) is 0 Å². The number of hydrogen-bond acceptors (Lipinski definition) is 4. The third-order valence-corrected chi connectivity index (χ3v) is 13.8. The molecule has 0 amide bonds. The summed E-state index contributed by atoms with van der Waals surface area (Å²) in [7, 11) is 0. The summed E-state index contributed by atoms with van der Waals surface area (Å²) in [5.41, 5.74) is 5.46. The van der Waals surface area contributed by atoms with E-state index < -0.39 is 11.4 Å². The van der Waals surface area contributed by atoms with Crippen LogP contribution in [-0.4, -0.2) is 32.6 Å². The van der Waals surface area contributed by atoms with Crippen molar-refractivity contribution in [1.29, 1.82) is 0 Å². The predicted octanol–water partition coefficient (Wildman–Crippen LogP) is 8.53. The standard InChI is InChI=1S/C38H45NO5/c1-21-31-24(25-19-39-27-8-7-22(20-40)15-23(25)27)16-29-36(4,26(31)17-28(41)32(21)42)12-14-38(6)30-18-35(3,33(43)44)10-9-34(30,2)11-13-37(29,38)5/h7-8,15-17,19-20,24,30,39,41-42H,9-14,18H2,1-6H3,(H,43,44)/t24?,30-,34-,35-,36+,37-,38+/m1/s1. The van der Waals surface area contributed by atoms with E-state index in [1.54, 1.807) is 6.07 Å². The highest BCUT2D eigenvalue weighted by molar-refractivity contribution is 5.90. The quantitative estimate of drug-likeness (QED) is 0.138. The minimum absolute atomic E-state index is 0.0851. The van der Waals surface area contributed by atoms with Gasteiger partial charge in [0.2, 0.25) is 0 Å². The number of phenols is 2. The second-order valence-electron chi connectivity index (χ2n) is 15.9. The first-order chi connectivity index (χ1) is 20.6. The van der Waals surface area contributed by atoms with Gasteiger partial charge in [0, 0.05) is 34.0 Å². The molecule has 232 valence electrons. The Labute approximate surface area is 259 Å². The summed E-state index contributed by atoms with van der Waals surface area (Å²) in [6, 6.07) is 7.48. The molecule has 6 nitrogen and oxygen atoms in total. The zero-order valence-corrected chi connectivity index (χ0v) is 26.8. The maximum Gasteiger partial charge on any atom is 0.309 e. The summed E-state index contributed by atoms with van der Waals surface area (Å²) in [6.07, 6.45) is 11.6. The molecular weight excluding hydrogens is 550 g/mol. The number of hydrogen-bond donors (Lipinski definition) is 4. The van der Waals surface area contributed by atoms with E-state index in [9.17, 15) is 24.9 Å². The average molecular weight is 596 g/mol. The Morgan fingerprint density at radius 2 is 1.70 bits per heavy atom. The number of rotatable bonds is 3. The fourth-order valence-corrected chi connectivity index (χ4v) is 10.7. The number of fused-ring (bicyclic) bond motifs is 8. The van der Waals surface area contributed by atoms with E-state index in [-0.39, 0.29) is 45.0 Å². The summed E-state index contributed by atoms with van der Waals surface area (Å²) >= 11 is 0. The van der Waals surface area contributed by atoms with E-state index in [4.69, 9.17) is 0 Å². The molecule has 7 rings (SSSR count). The summed E-state index contributed by atoms with van der Waals surface area (Å²) in [5.74, 6) is -0.783. The molecule has 0 saturated heterocycles. The first kappa shape index (κ1) is 29.2. The first-order valence-electron chi connectivity index (χ1n) is 16.2. The third kappa shape index (κ3) is 3.54. The maximum absolute atomic E-state index is 12.6. The molecule has 1 unspecified atom stereocenters. The molecule has 0 spiro atoms. The van der Waals surface area contributed by atoms with Crippen molar-refractivity contribution in [3.05, 3.63) is 69.9 Å². The fourth-order valence-electron chi connectivity index (χ4n) is 10.7. The number of H-pyrrole nitrogens is 1. The van der Waals surface area contributed by atoms with Gasteiger partial charge in [-0.2, -0.15) is 0 Å².